The molecule has 0 unspecified atom stereocenters. The van der Waals surface area contributed by atoms with Gasteiger partial charge in [-0.15, -0.1) is 0 Å². The van der Waals surface area contributed by atoms with Crippen molar-refractivity contribution in [3.63, 3.8) is 0 Å². The molecule has 2 bridgehead atoms. The average molecular weight is 407 g/mol. The van der Waals surface area contributed by atoms with E-state index >= 15 is 0 Å². The van der Waals surface area contributed by atoms with Crippen LogP contribution in [0.1, 0.15) is 29.6 Å². The van der Waals surface area contributed by atoms with Gasteiger partial charge in [0.2, 0.25) is 11.9 Å². The Morgan fingerprint density at radius 3 is 2.83 bits per heavy atom. The fourth-order valence-electron chi connectivity index (χ4n) is 4.58. The molecular formula is C21H21N5O2S. The molecule has 8 heteroatoms. The van der Waals surface area contributed by atoms with E-state index in [0.29, 0.717) is 19.0 Å². The normalized spacial score (nSPS) is 22.8. The number of hydrogen-bond acceptors (Lipinski definition) is 6. The number of aromatic nitrogens is 3. The van der Waals surface area contributed by atoms with Gasteiger partial charge in [0.05, 0.1) is 0 Å². The highest BCUT2D eigenvalue weighted by atomic mass is 32.1. The molecule has 1 amide bonds. The summed E-state index contributed by atoms with van der Waals surface area (Å²) in [5, 5.41) is 7.05. The van der Waals surface area contributed by atoms with E-state index in [2.05, 4.69) is 20.2 Å². The molecule has 1 saturated heterocycles. The third kappa shape index (κ3) is 3.33. The summed E-state index contributed by atoms with van der Waals surface area (Å²) >= 11 is 1.60. The number of carbonyl (C=O) groups excluding carboxylic acids is 1. The van der Waals surface area contributed by atoms with Crippen LogP contribution in [0.5, 0.6) is 0 Å². The number of carbonyl (C=O) groups is 1. The Morgan fingerprint density at radius 1 is 1.17 bits per heavy atom. The maximum Gasteiger partial charge on any atom is 0.251 e. The zero-order valence-electron chi connectivity index (χ0n) is 15.8. The molecule has 0 spiro atoms. The van der Waals surface area contributed by atoms with Gasteiger partial charge < -0.3 is 10.2 Å². The van der Waals surface area contributed by atoms with Crippen LogP contribution in [0, 0.1) is 5.92 Å². The van der Waals surface area contributed by atoms with Crippen molar-refractivity contribution < 1.29 is 4.79 Å². The summed E-state index contributed by atoms with van der Waals surface area (Å²) in [7, 11) is 0. The molecule has 5 rings (SSSR count). The third-order valence-electron chi connectivity index (χ3n) is 5.80. The second-order valence-electron chi connectivity index (χ2n) is 7.60. The first-order valence-electron chi connectivity index (χ1n) is 9.73. The molecule has 0 aliphatic carbocycles. The fourth-order valence-corrected chi connectivity index (χ4v) is 5.24. The van der Waals surface area contributed by atoms with E-state index in [4.69, 9.17) is 0 Å². The number of nitrogens with one attached hydrogen (secondary N) is 1. The Kier molecular flexibility index (Phi) is 4.63. The Labute approximate surface area is 172 Å². The van der Waals surface area contributed by atoms with Crippen molar-refractivity contribution in [1.29, 1.82) is 0 Å². The molecule has 0 saturated carbocycles. The highest BCUT2D eigenvalue weighted by Crippen LogP contribution is 2.41. The van der Waals surface area contributed by atoms with E-state index in [1.54, 1.807) is 46.5 Å². The van der Waals surface area contributed by atoms with E-state index in [-0.39, 0.29) is 23.3 Å². The van der Waals surface area contributed by atoms with Crippen molar-refractivity contribution in [3.05, 3.63) is 75.1 Å². The molecular weight excluding hydrogens is 386 g/mol. The molecule has 3 atom stereocenters. The van der Waals surface area contributed by atoms with Crippen molar-refractivity contribution >= 4 is 23.2 Å². The van der Waals surface area contributed by atoms with Crippen LogP contribution in [0.3, 0.4) is 0 Å². The smallest absolute Gasteiger partial charge is 0.251 e. The van der Waals surface area contributed by atoms with E-state index in [9.17, 15) is 9.59 Å². The summed E-state index contributed by atoms with van der Waals surface area (Å²) in [5.41, 5.74) is 1.88. The zero-order chi connectivity index (χ0) is 19.8. The zero-order valence-corrected chi connectivity index (χ0v) is 16.6. The number of hydrogen-bond donors (Lipinski definition) is 1. The van der Waals surface area contributed by atoms with Crippen LogP contribution >= 0.6 is 11.3 Å². The van der Waals surface area contributed by atoms with Crippen LogP contribution in [0.15, 0.2) is 58.3 Å². The summed E-state index contributed by atoms with van der Waals surface area (Å²) in [6.45, 7) is 1.86. The van der Waals surface area contributed by atoms with Crippen LogP contribution in [-0.4, -0.2) is 33.5 Å². The first-order chi connectivity index (χ1) is 14.2. The lowest BCUT2D eigenvalue weighted by Crippen LogP contribution is -2.53. The Morgan fingerprint density at radius 2 is 2.03 bits per heavy atom. The van der Waals surface area contributed by atoms with Crippen LogP contribution in [0.2, 0.25) is 0 Å². The topological polar surface area (TPSA) is 80.1 Å². The minimum Gasteiger partial charge on any atom is -0.350 e. The number of fused-ring (bicyclic) bond motifs is 4. The van der Waals surface area contributed by atoms with E-state index < -0.39 is 6.04 Å². The van der Waals surface area contributed by atoms with Crippen molar-refractivity contribution in [3.8, 4) is 0 Å². The molecule has 7 nitrogen and oxygen atoms in total. The Balaban J connectivity index is 1.49. The van der Waals surface area contributed by atoms with E-state index in [0.717, 1.165) is 24.2 Å². The van der Waals surface area contributed by atoms with Gasteiger partial charge in [-0.25, -0.2) is 9.97 Å². The summed E-state index contributed by atoms with van der Waals surface area (Å²) < 4.78 is 1.71. The standard InChI is InChI=1S/C21H21N5O2S/c27-18-4-1-3-17-15-9-16(12-25(11-15)21-22-6-2-7-23-21)19(26(17)18)20(28)24-10-14-5-8-29-13-14/h1-8,13,15-16,19H,9-12H2,(H,24,28)/t15-,16+,19+/m0/s1. The highest BCUT2D eigenvalue weighted by Gasteiger charge is 2.44. The molecule has 148 valence electrons. The SMILES string of the molecule is O=C(NCc1ccsc1)[C@H]1[C@@H]2C[C@@H](CN(c3ncccn3)C2)c2cccc(=O)n21. The summed E-state index contributed by atoms with van der Waals surface area (Å²) in [4.78, 5) is 36.9. The lowest BCUT2D eigenvalue weighted by atomic mass is 9.78. The second kappa shape index (κ2) is 7.44. The summed E-state index contributed by atoms with van der Waals surface area (Å²) in [5.74, 6) is 0.761. The van der Waals surface area contributed by atoms with Gasteiger partial charge in [-0.3, -0.25) is 14.2 Å². The summed E-state index contributed by atoms with van der Waals surface area (Å²) in [6.07, 6.45) is 4.34. The highest BCUT2D eigenvalue weighted by molar-refractivity contribution is 7.07. The predicted octanol–water partition coefficient (Wildman–Crippen LogP) is 2.18. The number of pyridine rings is 1. The van der Waals surface area contributed by atoms with Gasteiger partial charge in [0.25, 0.3) is 5.56 Å². The number of rotatable bonds is 4. The van der Waals surface area contributed by atoms with Gasteiger partial charge in [0.1, 0.15) is 6.04 Å². The largest absolute Gasteiger partial charge is 0.350 e. The van der Waals surface area contributed by atoms with Gasteiger partial charge in [0.15, 0.2) is 0 Å². The quantitative estimate of drug-likeness (QED) is 0.717. The first kappa shape index (κ1) is 18.1. The predicted molar refractivity (Wildman–Crippen MR) is 111 cm³/mol. The van der Waals surface area contributed by atoms with Gasteiger partial charge in [-0.05, 0) is 40.9 Å². The molecule has 0 aromatic carbocycles. The van der Waals surface area contributed by atoms with Crippen molar-refractivity contribution in [2.24, 2.45) is 5.92 Å². The van der Waals surface area contributed by atoms with Gasteiger partial charge in [-0.2, -0.15) is 11.3 Å². The summed E-state index contributed by atoms with van der Waals surface area (Å²) in [6, 6.07) is 8.56. The lowest BCUT2D eigenvalue weighted by Gasteiger charge is -2.46. The molecule has 2 aliphatic heterocycles. The second-order valence-corrected chi connectivity index (χ2v) is 8.38. The molecule has 5 heterocycles. The minimum atomic E-state index is -0.528. The average Bonchev–Trinajstić information content (AvgIpc) is 3.27. The molecule has 1 fully saturated rings. The Hall–Kier alpha value is -3.00. The van der Waals surface area contributed by atoms with Crippen molar-refractivity contribution in [2.45, 2.75) is 24.9 Å². The monoisotopic (exact) mass is 407 g/mol. The molecule has 0 radical (unpaired) electrons. The maximum absolute atomic E-state index is 13.2. The molecule has 1 N–H and O–H groups in total. The van der Waals surface area contributed by atoms with Crippen LogP contribution < -0.4 is 15.8 Å². The molecule has 2 aliphatic rings. The van der Waals surface area contributed by atoms with Crippen LogP contribution in [0.25, 0.3) is 0 Å². The van der Waals surface area contributed by atoms with Crippen molar-refractivity contribution in [1.82, 2.24) is 19.9 Å². The number of piperidine rings is 1. The molecule has 3 aromatic rings. The third-order valence-corrected chi connectivity index (χ3v) is 6.53. The van der Waals surface area contributed by atoms with Crippen molar-refractivity contribution in [2.75, 3.05) is 18.0 Å². The van der Waals surface area contributed by atoms with Gasteiger partial charge in [0, 0.05) is 55.6 Å². The minimum absolute atomic E-state index is 0.0210. The van der Waals surface area contributed by atoms with Crippen LogP contribution in [0.4, 0.5) is 5.95 Å². The van der Waals surface area contributed by atoms with Gasteiger partial charge in [-0.1, -0.05) is 6.07 Å². The Bertz CT molecular complexity index is 1070. The number of thiophene rings is 1. The number of anilines is 1. The first-order valence-corrected chi connectivity index (χ1v) is 10.7. The lowest BCUT2D eigenvalue weighted by molar-refractivity contribution is -0.127. The van der Waals surface area contributed by atoms with Gasteiger partial charge >= 0.3 is 0 Å². The maximum atomic E-state index is 13.2. The number of amides is 1. The fraction of sp³-hybridized carbons (Fsp3) is 0.333. The van der Waals surface area contributed by atoms with Crippen LogP contribution in [-0.2, 0) is 11.3 Å². The molecule has 3 aromatic heterocycles. The molecule has 29 heavy (non-hydrogen) atoms. The number of nitrogens with zero attached hydrogens (tertiary/aromatic N) is 4. The van der Waals surface area contributed by atoms with E-state index in [1.807, 2.05) is 22.9 Å². The van der Waals surface area contributed by atoms with E-state index in [1.165, 1.54) is 0 Å².